The van der Waals surface area contributed by atoms with Crippen LogP contribution in [0.15, 0.2) is 24.3 Å². The van der Waals surface area contributed by atoms with Crippen LogP contribution in [0.2, 0.25) is 0 Å². The first kappa shape index (κ1) is 12.9. The number of anilines is 2. The average Bonchev–Trinajstić information content (AvgIpc) is 2.27. The molecule has 0 radical (unpaired) electrons. The molecule has 2 rings (SSSR count). The van der Waals surface area contributed by atoms with Crippen LogP contribution in [0.1, 0.15) is 19.3 Å². The van der Waals surface area contributed by atoms with Gasteiger partial charge in [0.05, 0.1) is 17.9 Å². The summed E-state index contributed by atoms with van der Waals surface area (Å²) in [6.07, 6.45) is 3.94. The highest BCUT2D eigenvalue weighted by Crippen LogP contribution is 2.26. The van der Waals surface area contributed by atoms with Gasteiger partial charge in [-0.15, -0.1) is 0 Å². The summed E-state index contributed by atoms with van der Waals surface area (Å²) in [5, 5.41) is 2.84. The van der Waals surface area contributed by atoms with E-state index in [0.717, 1.165) is 12.5 Å². The molecule has 3 N–H and O–H groups in total. The number of nitrogens with zero attached hydrogens (tertiary/aromatic N) is 1. The van der Waals surface area contributed by atoms with Crippen molar-refractivity contribution >= 4 is 17.3 Å². The zero-order chi connectivity index (χ0) is 13.0. The van der Waals surface area contributed by atoms with Gasteiger partial charge < -0.3 is 11.1 Å². The van der Waals surface area contributed by atoms with Gasteiger partial charge in [0, 0.05) is 6.54 Å². The molecule has 0 aromatic heterocycles. The third-order valence-corrected chi connectivity index (χ3v) is 3.44. The molecular formula is C14H21N3O. The second kappa shape index (κ2) is 5.87. The Morgan fingerprint density at radius 2 is 2.17 bits per heavy atom. The van der Waals surface area contributed by atoms with E-state index >= 15 is 0 Å². The molecule has 0 aliphatic heterocycles. The lowest BCUT2D eigenvalue weighted by atomic mass is 9.85. The number of carbonyl (C=O) groups is 1. The highest BCUT2D eigenvalue weighted by Gasteiger charge is 2.20. The van der Waals surface area contributed by atoms with E-state index in [1.807, 2.05) is 25.2 Å². The molecule has 0 unspecified atom stereocenters. The van der Waals surface area contributed by atoms with Crippen LogP contribution in [0.5, 0.6) is 0 Å². The summed E-state index contributed by atoms with van der Waals surface area (Å²) in [4.78, 5) is 13.9. The van der Waals surface area contributed by atoms with Gasteiger partial charge in [0.15, 0.2) is 0 Å². The minimum absolute atomic E-state index is 0.00489. The van der Waals surface area contributed by atoms with E-state index < -0.39 is 0 Å². The molecule has 1 saturated carbocycles. The molecule has 98 valence electrons. The van der Waals surface area contributed by atoms with Crippen LogP contribution < -0.4 is 11.1 Å². The molecule has 0 bridgehead atoms. The molecule has 0 spiro atoms. The molecule has 1 aliphatic carbocycles. The van der Waals surface area contributed by atoms with E-state index in [1.54, 1.807) is 6.07 Å². The molecular weight excluding hydrogens is 226 g/mol. The summed E-state index contributed by atoms with van der Waals surface area (Å²) in [5.41, 5.74) is 7.08. The molecule has 4 nitrogen and oxygen atoms in total. The fraction of sp³-hybridized carbons (Fsp3) is 0.500. The predicted molar refractivity (Wildman–Crippen MR) is 74.3 cm³/mol. The summed E-state index contributed by atoms with van der Waals surface area (Å²) in [7, 11) is 1.99. The minimum atomic E-state index is -0.00489. The van der Waals surface area contributed by atoms with Crippen molar-refractivity contribution in [3.8, 4) is 0 Å². The molecule has 1 aliphatic rings. The van der Waals surface area contributed by atoms with Crippen LogP contribution in [0, 0.1) is 5.92 Å². The third kappa shape index (κ3) is 3.47. The standard InChI is InChI=1S/C14H21N3O/c1-17(9-11-5-4-6-11)10-14(18)16-13-8-3-2-7-12(13)15/h2-3,7-8,11H,4-6,9-10,15H2,1H3,(H,16,18). The van der Waals surface area contributed by atoms with Crippen molar-refractivity contribution in [2.75, 3.05) is 31.2 Å². The Bertz CT molecular complexity index is 415. The number of hydrogen-bond acceptors (Lipinski definition) is 3. The lowest BCUT2D eigenvalue weighted by Gasteiger charge is -2.29. The van der Waals surface area contributed by atoms with E-state index in [1.165, 1.54) is 19.3 Å². The normalized spacial score (nSPS) is 15.4. The van der Waals surface area contributed by atoms with Crippen LogP contribution in [0.3, 0.4) is 0 Å². The lowest BCUT2D eigenvalue weighted by molar-refractivity contribution is -0.117. The largest absolute Gasteiger partial charge is 0.397 e. The summed E-state index contributed by atoms with van der Waals surface area (Å²) < 4.78 is 0. The Morgan fingerprint density at radius 3 is 2.78 bits per heavy atom. The number of benzene rings is 1. The van der Waals surface area contributed by atoms with Gasteiger partial charge in [-0.2, -0.15) is 0 Å². The predicted octanol–water partition coefficient (Wildman–Crippen LogP) is 1.94. The number of amides is 1. The van der Waals surface area contributed by atoms with Crippen molar-refractivity contribution in [1.29, 1.82) is 0 Å². The molecule has 1 aromatic carbocycles. The second-order valence-electron chi connectivity index (χ2n) is 5.13. The van der Waals surface area contributed by atoms with Crippen molar-refractivity contribution in [3.63, 3.8) is 0 Å². The fourth-order valence-electron chi connectivity index (χ4n) is 2.23. The Balaban J connectivity index is 1.79. The van der Waals surface area contributed by atoms with Crippen LogP contribution in [0.25, 0.3) is 0 Å². The molecule has 4 heteroatoms. The number of nitrogens with two attached hydrogens (primary N) is 1. The number of carbonyl (C=O) groups excluding carboxylic acids is 1. The quantitative estimate of drug-likeness (QED) is 0.782. The average molecular weight is 247 g/mol. The van der Waals surface area contributed by atoms with Crippen molar-refractivity contribution in [3.05, 3.63) is 24.3 Å². The first-order valence-electron chi connectivity index (χ1n) is 6.48. The van der Waals surface area contributed by atoms with Crippen molar-refractivity contribution in [2.24, 2.45) is 5.92 Å². The maximum Gasteiger partial charge on any atom is 0.238 e. The highest BCUT2D eigenvalue weighted by atomic mass is 16.2. The number of nitrogen functional groups attached to an aromatic ring is 1. The number of para-hydroxylation sites is 2. The molecule has 0 heterocycles. The first-order chi connectivity index (χ1) is 8.65. The Labute approximate surface area is 108 Å². The van der Waals surface area contributed by atoms with Crippen LogP contribution >= 0.6 is 0 Å². The number of rotatable bonds is 5. The van der Waals surface area contributed by atoms with Crippen molar-refractivity contribution < 1.29 is 4.79 Å². The van der Waals surface area contributed by atoms with Gasteiger partial charge in [0.1, 0.15) is 0 Å². The fourth-order valence-corrected chi connectivity index (χ4v) is 2.23. The zero-order valence-electron chi connectivity index (χ0n) is 10.9. The van der Waals surface area contributed by atoms with Gasteiger partial charge in [-0.25, -0.2) is 0 Å². The maximum absolute atomic E-state index is 11.9. The van der Waals surface area contributed by atoms with Gasteiger partial charge in [-0.3, -0.25) is 9.69 Å². The van der Waals surface area contributed by atoms with E-state index in [2.05, 4.69) is 10.2 Å². The number of hydrogen-bond donors (Lipinski definition) is 2. The lowest BCUT2D eigenvalue weighted by Crippen LogP contribution is -2.35. The highest BCUT2D eigenvalue weighted by molar-refractivity contribution is 5.95. The minimum Gasteiger partial charge on any atom is -0.397 e. The molecule has 18 heavy (non-hydrogen) atoms. The zero-order valence-corrected chi connectivity index (χ0v) is 10.9. The van der Waals surface area contributed by atoms with E-state index in [4.69, 9.17) is 5.73 Å². The molecule has 1 aromatic rings. The molecule has 0 atom stereocenters. The van der Waals surface area contributed by atoms with Gasteiger partial charge in [-0.1, -0.05) is 18.6 Å². The topological polar surface area (TPSA) is 58.4 Å². The molecule has 1 fully saturated rings. The molecule has 0 saturated heterocycles. The van der Waals surface area contributed by atoms with Gasteiger partial charge in [0.25, 0.3) is 0 Å². The number of nitrogens with one attached hydrogen (secondary N) is 1. The summed E-state index contributed by atoms with van der Waals surface area (Å²) in [5.74, 6) is 0.777. The SMILES string of the molecule is CN(CC(=O)Nc1ccccc1N)CC1CCC1. The van der Waals surface area contributed by atoms with Crippen molar-refractivity contribution in [1.82, 2.24) is 4.90 Å². The van der Waals surface area contributed by atoms with E-state index in [0.29, 0.717) is 17.9 Å². The summed E-state index contributed by atoms with van der Waals surface area (Å²) in [6, 6.07) is 7.32. The van der Waals surface area contributed by atoms with Crippen molar-refractivity contribution in [2.45, 2.75) is 19.3 Å². The Kier molecular flexibility index (Phi) is 4.20. The Morgan fingerprint density at radius 1 is 1.44 bits per heavy atom. The van der Waals surface area contributed by atoms with E-state index in [9.17, 15) is 4.79 Å². The maximum atomic E-state index is 11.9. The summed E-state index contributed by atoms with van der Waals surface area (Å²) in [6.45, 7) is 1.43. The monoisotopic (exact) mass is 247 g/mol. The van der Waals surface area contributed by atoms with Crippen LogP contribution in [-0.4, -0.2) is 30.9 Å². The summed E-state index contributed by atoms with van der Waals surface area (Å²) >= 11 is 0. The number of likely N-dealkylation sites (N-methyl/N-ethyl adjacent to an activating group) is 1. The third-order valence-electron chi connectivity index (χ3n) is 3.44. The smallest absolute Gasteiger partial charge is 0.238 e. The molecule has 1 amide bonds. The second-order valence-corrected chi connectivity index (χ2v) is 5.13. The van der Waals surface area contributed by atoms with Crippen LogP contribution in [-0.2, 0) is 4.79 Å². The van der Waals surface area contributed by atoms with Crippen LogP contribution in [0.4, 0.5) is 11.4 Å². The van der Waals surface area contributed by atoms with E-state index in [-0.39, 0.29) is 5.91 Å². The van der Waals surface area contributed by atoms with Gasteiger partial charge in [0.2, 0.25) is 5.91 Å². The van der Waals surface area contributed by atoms with Gasteiger partial charge >= 0.3 is 0 Å². The first-order valence-corrected chi connectivity index (χ1v) is 6.48. The Hall–Kier alpha value is -1.55. The van der Waals surface area contributed by atoms with Gasteiger partial charge in [-0.05, 0) is 37.9 Å².